The number of terminal acetylenes is 1. The highest BCUT2D eigenvalue weighted by molar-refractivity contribution is 7.89. The normalized spacial score (nSPS) is 13.6. The summed E-state index contributed by atoms with van der Waals surface area (Å²) in [6.45, 7) is 1.30. The van der Waals surface area contributed by atoms with E-state index in [1.807, 2.05) is 6.07 Å². The number of unbranched alkanes of at least 4 members (excludes halogenated alkanes) is 2. The number of nitrogens with one attached hydrogen (secondary N) is 2. The lowest BCUT2D eigenvalue weighted by Crippen LogP contribution is -2.24. The van der Waals surface area contributed by atoms with Gasteiger partial charge in [-0.1, -0.05) is 6.07 Å². The summed E-state index contributed by atoms with van der Waals surface area (Å²) in [4.78, 5) is 0.317. The van der Waals surface area contributed by atoms with Gasteiger partial charge in [0.05, 0.1) is 4.90 Å². The number of hydrogen-bond acceptors (Lipinski definition) is 3. The minimum absolute atomic E-state index is 0.317. The van der Waals surface area contributed by atoms with Crippen molar-refractivity contribution < 1.29 is 8.42 Å². The molecule has 0 saturated heterocycles. The first kappa shape index (κ1) is 13.9. The molecule has 1 heterocycles. The van der Waals surface area contributed by atoms with Crippen LogP contribution in [0.25, 0.3) is 0 Å². The molecular formula is C14H18N2O2S. The Labute approximate surface area is 114 Å². The molecule has 0 fully saturated rings. The van der Waals surface area contributed by atoms with Gasteiger partial charge in [0.25, 0.3) is 0 Å². The van der Waals surface area contributed by atoms with E-state index < -0.39 is 10.0 Å². The van der Waals surface area contributed by atoms with Gasteiger partial charge in [-0.15, -0.1) is 12.3 Å². The maximum absolute atomic E-state index is 12.1. The summed E-state index contributed by atoms with van der Waals surface area (Å²) in [5.74, 6) is 2.54. The van der Waals surface area contributed by atoms with E-state index >= 15 is 0 Å². The minimum Gasteiger partial charge on any atom is -0.384 e. The third-order valence-electron chi connectivity index (χ3n) is 3.14. The molecule has 5 heteroatoms. The first-order valence-electron chi connectivity index (χ1n) is 6.43. The minimum atomic E-state index is -3.41. The van der Waals surface area contributed by atoms with Gasteiger partial charge in [-0.25, -0.2) is 13.1 Å². The number of fused-ring (bicyclic) bond motifs is 1. The Kier molecular flexibility index (Phi) is 4.46. The Morgan fingerprint density at radius 3 is 3.00 bits per heavy atom. The quantitative estimate of drug-likeness (QED) is 0.615. The van der Waals surface area contributed by atoms with Crippen LogP contribution in [0.3, 0.4) is 0 Å². The van der Waals surface area contributed by atoms with Gasteiger partial charge in [-0.3, -0.25) is 0 Å². The zero-order valence-electron chi connectivity index (χ0n) is 10.8. The molecule has 1 aliphatic rings. The first-order chi connectivity index (χ1) is 9.13. The summed E-state index contributed by atoms with van der Waals surface area (Å²) in [7, 11) is -3.41. The second-order valence-corrected chi connectivity index (χ2v) is 6.32. The van der Waals surface area contributed by atoms with Crippen molar-refractivity contribution in [3.8, 4) is 12.3 Å². The Morgan fingerprint density at radius 1 is 1.37 bits per heavy atom. The van der Waals surface area contributed by atoms with Crippen LogP contribution < -0.4 is 10.0 Å². The third kappa shape index (κ3) is 3.49. The lowest BCUT2D eigenvalue weighted by Gasteiger charge is -2.08. The lowest BCUT2D eigenvalue weighted by molar-refractivity contribution is 0.577. The van der Waals surface area contributed by atoms with Gasteiger partial charge in [-0.05, 0) is 37.0 Å². The van der Waals surface area contributed by atoms with Gasteiger partial charge in [0, 0.05) is 25.2 Å². The van der Waals surface area contributed by atoms with Gasteiger partial charge in [0.2, 0.25) is 10.0 Å². The summed E-state index contributed by atoms with van der Waals surface area (Å²) < 4.78 is 26.8. The molecule has 0 unspecified atom stereocenters. The Hall–Kier alpha value is -1.51. The van der Waals surface area contributed by atoms with E-state index in [0.29, 0.717) is 17.9 Å². The number of hydrogen-bond donors (Lipinski definition) is 2. The SMILES string of the molecule is C#CCCCCNS(=O)(=O)c1ccc2c(c1)NCC2. The molecular weight excluding hydrogens is 260 g/mol. The molecule has 0 aromatic heterocycles. The molecule has 102 valence electrons. The first-order valence-corrected chi connectivity index (χ1v) is 7.92. The maximum Gasteiger partial charge on any atom is 0.240 e. The topological polar surface area (TPSA) is 58.2 Å². The third-order valence-corrected chi connectivity index (χ3v) is 4.60. The van der Waals surface area contributed by atoms with Crippen LogP contribution in [0.1, 0.15) is 24.8 Å². The fourth-order valence-corrected chi connectivity index (χ4v) is 3.18. The Morgan fingerprint density at radius 2 is 2.21 bits per heavy atom. The second-order valence-electron chi connectivity index (χ2n) is 4.55. The molecule has 0 spiro atoms. The van der Waals surface area contributed by atoms with E-state index in [9.17, 15) is 8.42 Å². The highest BCUT2D eigenvalue weighted by Crippen LogP contribution is 2.25. The molecule has 1 aromatic carbocycles. The van der Waals surface area contributed by atoms with E-state index in [1.165, 1.54) is 5.56 Å². The van der Waals surface area contributed by atoms with Crippen molar-refractivity contribution in [3.63, 3.8) is 0 Å². The summed E-state index contributed by atoms with van der Waals surface area (Å²) in [6, 6.07) is 5.24. The number of sulfonamides is 1. The highest BCUT2D eigenvalue weighted by Gasteiger charge is 2.17. The van der Waals surface area contributed by atoms with Gasteiger partial charge < -0.3 is 5.32 Å². The van der Waals surface area contributed by atoms with Crippen molar-refractivity contribution in [2.24, 2.45) is 0 Å². The standard InChI is InChI=1S/C14H18N2O2S/c1-2-3-4-5-9-16-19(17,18)13-7-6-12-8-10-15-14(12)11-13/h1,6-7,11,15-16H,3-5,8-10H2. The predicted octanol–water partition coefficient (Wildman–Crippen LogP) is 1.74. The van der Waals surface area contributed by atoms with Gasteiger partial charge in [0.1, 0.15) is 0 Å². The highest BCUT2D eigenvalue weighted by atomic mass is 32.2. The molecule has 19 heavy (non-hydrogen) atoms. The Bertz CT molecular complexity index is 588. The van der Waals surface area contributed by atoms with Crippen molar-refractivity contribution in [1.82, 2.24) is 4.72 Å². The molecule has 0 amide bonds. The van der Waals surface area contributed by atoms with E-state index in [1.54, 1.807) is 12.1 Å². The smallest absolute Gasteiger partial charge is 0.240 e. The van der Waals surface area contributed by atoms with Crippen LogP contribution in [0.2, 0.25) is 0 Å². The second kappa shape index (κ2) is 6.09. The van der Waals surface area contributed by atoms with Crippen molar-refractivity contribution >= 4 is 15.7 Å². The fourth-order valence-electron chi connectivity index (χ4n) is 2.08. The molecule has 0 bridgehead atoms. The van der Waals surface area contributed by atoms with E-state index in [2.05, 4.69) is 16.0 Å². The van der Waals surface area contributed by atoms with Crippen LogP contribution in [0, 0.1) is 12.3 Å². The largest absolute Gasteiger partial charge is 0.384 e. The predicted molar refractivity (Wildman–Crippen MR) is 76.5 cm³/mol. The van der Waals surface area contributed by atoms with Crippen molar-refractivity contribution in [3.05, 3.63) is 23.8 Å². The van der Waals surface area contributed by atoms with Crippen LogP contribution in [0.5, 0.6) is 0 Å². The van der Waals surface area contributed by atoms with Crippen LogP contribution in [0.4, 0.5) is 5.69 Å². The number of anilines is 1. The molecule has 0 aliphatic carbocycles. The number of benzene rings is 1. The molecule has 4 nitrogen and oxygen atoms in total. The molecule has 0 radical (unpaired) electrons. The molecule has 2 rings (SSSR count). The van der Waals surface area contributed by atoms with Gasteiger partial charge in [0.15, 0.2) is 0 Å². The molecule has 2 N–H and O–H groups in total. The molecule has 0 saturated carbocycles. The van der Waals surface area contributed by atoms with Crippen molar-refractivity contribution in [1.29, 1.82) is 0 Å². The van der Waals surface area contributed by atoms with Gasteiger partial charge in [-0.2, -0.15) is 0 Å². The average Bonchev–Trinajstić information content (AvgIpc) is 2.85. The van der Waals surface area contributed by atoms with E-state index in [4.69, 9.17) is 6.42 Å². The Balaban J connectivity index is 1.98. The molecule has 1 aromatic rings. The van der Waals surface area contributed by atoms with Crippen molar-refractivity contribution in [2.45, 2.75) is 30.6 Å². The fraction of sp³-hybridized carbons (Fsp3) is 0.429. The summed E-state index contributed by atoms with van der Waals surface area (Å²) in [5, 5.41) is 3.18. The van der Waals surface area contributed by atoms with Crippen LogP contribution in [0.15, 0.2) is 23.1 Å². The molecule has 1 aliphatic heterocycles. The van der Waals surface area contributed by atoms with Crippen LogP contribution in [-0.4, -0.2) is 21.5 Å². The number of rotatable bonds is 6. The van der Waals surface area contributed by atoms with E-state index in [-0.39, 0.29) is 0 Å². The lowest BCUT2D eigenvalue weighted by atomic mass is 10.2. The zero-order chi connectivity index (χ0) is 13.7. The van der Waals surface area contributed by atoms with Crippen LogP contribution >= 0.6 is 0 Å². The summed E-state index contributed by atoms with van der Waals surface area (Å²) >= 11 is 0. The maximum atomic E-state index is 12.1. The zero-order valence-corrected chi connectivity index (χ0v) is 11.6. The monoisotopic (exact) mass is 278 g/mol. The summed E-state index contributed by atoms with van der Waals surface area (Å²) in [6.07, 6.45) is 8.38. The van der Waals surface area contributed by atoms with E-state index in [0.717, 1.165) is 31.5 Å². The molecule has 0 atom stereocenters. The van der Waals surface area contributed by atoms with Crippen molar-refractivity contribution in [2.75, 3.05) is 18.4 Å². The average molecular weight is 278 g/mol. The van der Waals surface area contributed by atoms with Crippen LogP contribution in [-0.2, 0) is 16.4 Å². The summed E-state index contributed by atoms with van der Waals surface area (Å²) in [5.41, 5.74) is 2.10. The van der Waals surface area contributed by atoms with Gasteiger partial charge >= 0.3 is 0 Å².